The highest BCUT2D eigenvalue weighted by molar-refractivity contribution is 5.64. The lowest BCUT2D eigenvalue weighted by Crippen LogP contribution is -2.02. The van der Waals surface area contributed by atoms with E-state index < -0.39 is 17.5 Å². The van der Waals surface area contributed by atoms with Crippen LogP contribution in [0.2, 0.25) is 0 Å². The van der Waals surface area contributed by atoms with E-state index in [-0.39, 0.29) is 0 Å². The SMILES string of the molecule is OCC1C2CC(c3ccc(-c4cc(F)c(F)c(F)c4)cc3)CC12. The number of aliphatic hydroxyl groups is 1. The van der Waals surface area contributed by atoms with E-state index in [0.717, 1.165) is 25.0 Å². The monoisotopic (exact) mass is 318 g/mol. The molecule has 0 radical (unpaired) electrons. The molecule has 0 heterocycles. The molecule has 4 heteroatoms. The van der Waals surface area contributed by atoms with Crippen molar-refractivity contribution in [1.82, 2.24) is 0 Å². The number of benzene rings is 2. The third-order valence-corrected chi connectivity index (χ3v) is 5.53. The van der Waals surface area contributed by atoms with Gasteiger partial charge in [-0.15, -0.1) is 0 Å². The highest BCUT2D eigenvalue weighted by Gasteiger charge is 2.55. The summed E-state index contributed by atoms with van der Waals surface area (Å²) in [5, 5.41) is 9.21. The lowest BCUT2D eigenvalue weighted by Gasteiger charge is -2.14. The predicted octanol–water partition coefficient (Wildman–Crippen LogP) is 4.50. The summed E-state index contributed by atoms with van der Waals surface area (Å²) in [6, 6.07) is 9.66. The summed E-state index contributed by atoms with van der Waals surface area (Å²) in [4.78, 5) is 0. The molecule has 120 valence electrons. The minimum Gasteiger partial charge on any atom is -0.396 e. The van der Waals surface area contributed by atoms with Crippen LogP contribution in [0.3, 0.4) is 0 Å². The molecule has 0 bridgehead atoms. The lowest BCUT2D eigenvalue weighted by atomic mass is 9.91. The Kier molecular flexibility index (Phi) is 3.45. The van der Waals surface area contributed by atoms with Gasteiger partial charge in [-0.05, 0) is 65.3 Å². The highest BCUT2D eigenvalue weighted by Crippen LogP contribution is 2.61. The lowest BCUT2D eigenvalue weighted by molar-refractivity contribution is 0.253. The summed E-state index contributed by atoms with van der Waals surface area (Å²) in [7, 11) is 0. The van der Waals surface area contributed by atoms with Crippen LogP contribution in [-0.4, -0.2) is 11.7 Å². The molecule has 0 aliphatic heterocycles. The molecular weight excluding hydrogens is 301 g/mol. The molecule has 2 aliphatic rings. The Balaban J connectivity index is 1.53. The fraction of sp³-hybridized carbons (Fsp3) is 0.368. The van der Waals surface area contributed by atoms with Crippen LogP contribution in [0.25, 0.3) is 11.1 Å². The van der Waals surface area contributed by atoms with E-state index in [9.17, 15) is 18.3 Å². The maximum Gasteiger partial charge on any atom is 0.194 e. The Hall–Kier alpha value is -1.81. The Morgan fingerprint density at radius 3 is 1.96 bits per heavy atom. The first kappa shape index (κ1) is 14.8. The summed E-state index contributed by atoms with van der Waals surface area (Å²) in [5.74, 6) is -1.46. The normalized spacial score (nSPS) is 28.7. The molecule has 23 heavy (non-hydrogen) atoms. The van der Waals surface area contributed by atoms with Gasteiger partial charge in [0, 0.05) is 6.61 Å². The second-order valence-electron chi connectivity index (χ2n) is 6.72. The van der Waals surface area contributed by atoms with E-state index in [4.69, 9.17) is 0 Å². The number of hydrogen-bond donors (Lipinski definition) is 1. The molecule has 0 saturated heterocycles. The van der Waals surface area contributed by atoms with Crippen molar-refractivity contribution in [3.05, 3.63) is 59.4 Å². The second kappa shape index (κ2) is 5.38. The fourth-order valence-corrected chi connectivity index (χ4v) is 4.19. The summed E-state index contributed by atoms with van der Waals surface area (Å²) < 4.78 is 39.7. The highest BCUT2D eigenvalue weighted by atomic mass is 19.2. The van der Waals surface area contributed by atoms with Gasteiger partial charge in [0.25, 0.3) is 0 Å². The summed E-state index contributed by atoms with van der Waals surface area (Å²) >= 11 is 0. The van der Waals surface area contributed by atoms with Crippen molar-refractivity contribution in [3.8, 4) is 11.1 Å². The molecule has 2 aromatic carbocycles. The van der Waals surface area contributed by atoms with Crippen LogP contribution in [-0.2, 0) is 0 Å². The number of halogens is 3. The van der Waals surface area contributed by atoms with Gasteiger partial charge in [0.15, 0.2) is 17.5 Å². The Morgan fingerprint density at radius 2 is 1.43 bits per heavy atom. The van der Waals surface area contributed by atoms with E-state index in [1.165, 1.54) is 5.56 Å². The van der Waals surface area contributed by atoms with Gasteiger partial charge in [-0.2, -0.15) is 0 Å². The quantitative estimate of drug-likeness (QED) is 0.826. The molecule has 2 aliphatic carbocycles. The molecule has 0 amide bonds. The third-order valence-electron chi connectivity index (χ3n) is 5.53. The molecule has 1 nitrogen and oxygen atoms in total. The largest absolute Gasteiger partial charge is 0.396 e. The average Bonchev–Trinajstić information content (AvgIpc) is 3.03. The molecule has 0 aromatic heterocycles. The van der Waals surface area contributed by atoms with E-state index >= 15 is 0 Å². The Bertz CT molecular complexity index is 706. The summed E-state index contributed by atoms with van der Waals surface area (Å²) in [6.45, 7) is 0.294. The van der Waals surface area contributed by atoms with Crippen LogP contribution in [0.15, 0.2) is 36.4 Å². The van der Waals surface area contributed by atoms with Crippen molar-refractivity contribution in [1.29, 1.82) is 0 Å². The summed E-state index contributed by atoms with van der Waals surface area (Å²) in [5.41, 5.74) is 2.23. The van der Waals surface area contributed by atoms with Crippen LogP contribution in [0, 0.1) is 35.2 Å². The van der Waals surface area contributed by atoms with Gasteiger partial charge in [0.05, 0.1) is 0 Å². The molecule has 2 aromatic rings. The van der Waals surface area contributed by atoms with Crippen molar-refractivity contribution in [3.63, 3.8) is 0 Å². The zero-order chi connectivity index (χ0) is 16.1. The fourth-order valence-electron chi connectivity index (χ4n) is 4.19. The maximum absolute atomic E-state index is 13.3. The first-order valence-electron chi connectivity index (χ1n) is 7.94. The van der Waals surface area contributed by atoms with E-state index in [2.05, 4.69) is 0 Å². The van der Waals surface area contributed by atoms with Crippen LogP contribution in [0.1, 0.15) is 24.3 Å². The second-order valence-corrected chi connectivity index (χ2v) is 6.72. The van der Waals surface area contributed by atoms with Gasteiger partial charge in [0.1, 0.15) is 0 Å². The topological polar surface area (TPSA) is 20.2 Å². The zero-order valence-electron chi connectivity index (χ0n) is 12.5. The molecule has 1 N–H and O–H groups in total. The standard InChI is InChI=1S/C19H17F3O/c20-17-7-13(8-18(21)19(17)22)11-3-1-10(2-4-11)12-5-14-15(6-12)16(14)9-23/h1-4,7-8,12,14-16,23H,5-6,9H2. The van der Waals surface area contributed by atoms with Crippen LogP contribution in [0.4, 0.5) is 13.2 Å². The van der Waals surface area contributed by atoms with Crippen LogP contribution < -0.4 is 0 Å². The molecule has 2 unspecified atom stereocenters. The minimum atomic E-state index is -1.44. The van der Waals surface area contributed by atoms with Crippen LogP contribution >= 0.6 is 0 Å². The van der Waals surface area contributed by atoms with E-state index in [1.54, 1.807) is 0 Å². The van der Waals surface area contributed by atoms with Gasteiger partial charge >= 0.3 is 0 Å². The van der Waals surface area contributed by atoms with Gasteiger partial charge in [-0.1, -0.05) is 24.3 Å². The van der Waals surface area contributed by atoms with Gasteiger partial charge in [-0.3, -0.25) is 0 Å². The van der Waals surface area contributed by atoms with Crippen molar-refractivity contribution < 1.29 is 18.3 Å². The smallest absolute Gasteiger partial charge is 0.194 e. The van der Waals surface area contributed by atoms with E-state index in [0.29, 0.717) is 41.4 Å². The molecule has 2 fully saturated rings. The Labute approximate surface area is 132 Å². The maximum atomic E-state index is 13.3. The summed E-state index contributed by atoms with van der Waals surface area (Å²) in [6.07, 6.45) is 2.21. The Morgan fingerprint density at radius 1 is 0.870 bits per heavy atom. The molecule has 4 rings (SSSR count). The minimum absolute atomic E-state index is 0.294. The van der Waals surface area contributed by atoms with Gasteiger partial charge in [0.2, 0.25) is 0 Å². The van der Waals surface area contributed by atoms with Crippen molar-refractivity contribution in [2.24, 2.45) is 17.8 Å². The van der Waals surface area contributed by atoms with Gasteiger partial charge in [-0.25, -0.2) is 13.2 Å². The zero-order valence-corrected chi connectivity index (χ0v) is 12.5. The molecular formula is C19H17F3O. The first-order valence-corrected chi connectivity index (χ1v) is 7.94. The molecule has 2 saturated carbocycles. The van der Waals surface area contributed by atoms with Crippen molar-refractivity contribution in [2.45, 2.75) is 18.8 Å². The van der Waals surface area contributed by atoms with Crippen molar-refractivity contribution >= 4 is 0 Å². The number of hydrogen-bond acceptors (Lipinski definition) is 1. The van der Waals surface area contributed by atoms with Crippen molar-refractivity contribution in [2.75, 3.05) is 6.61 Å². The number of aliphatic hydroxyl groups excluding tert-OH is 1. The third kappa shape index (κ3) is 2.45. The van der Waals surface area contributed by atoms with Gasteiger partial charge < -0.3 is 5.11 Å². The number of fused-ring (bicyclic) bond motifs is 1. The predicted molar refractivity (Wildman–Crippen MR) is 81.3 cm³/mol. The van der Waals surface area contributed by atoms with Crippen LogP contribution in [0.5, 0.6) is 0 Å². The molecule has 0 spiro atoms. The van der Waals surface area contributed by atoms with E-state index in [1.807, 2.05) is 24.3 Å². The molecule has 2 atom stereocenters. The average molecular weight is 318 g/mol. The number of rotatable bonds is 3. The first-order chi connectivity index (χ1) is 11.1.